The summed E-state index contributed by atoms with van der Waals surface area (Å²) < 4.78 is 5.83. The Labute approximate surface area is 122 Å². The van der Waals surface area contributed by atoms with Gasteiger partial charge in [0.2, 0.25) is 5.72 Å². The molecule has 1 spiro atoms. The van der Waals surface area contributed by atoms with Gasteiger partial charge in [-0.15, -0.1) is 0 Å². The summed E-state index contributed by atoms with van der Waals surface area (Å²) in [5.41, 5.74) is -0.206. The Morgan fingerprint density at radius 1 is 1.35 bits per heavy atom. The average molecular weight is 291 g/mol. The first-order chi connectivity index (χ1) is 9.72. The highest BCUT2D eigenvalue weighted by Gasteiger charge is 2.61. The molecule has 4 aliphatic rings. The number of amides is 1. The van der Waals surface area contributed by atoms with E-state index < -0.39 is 5.72 Å². The third-order valence-electron chi connectivity index (χ3n) is 4.50. The molecule has 4 nitrogen and oxygen atoms in total. The number of nitrogens with zero attached hydrogens (tertiary/aromatic N) is 2. The Balaban J connectivity index is 1.82. The molecular formula is C15H15ClN2O2. The summed E-state index contributed by atoms with van der Waals surface area (Å²) >= 11 is 6.31. The Kier molecular flexibility index (Phi) is 2.66. The first-order valence-electron chi connectivity index (χ1n) is 7.00. The molecule has 0 aliphatic carbocycles. The number of halogens is 1. The van der Waals surface area contributed by atoms with E-state index in [-0.39, 0.29) is 17.9 Å². The maximum Gasteiger partial charge on any atom is 0.283 e. The predicted molar refractivity (Wildman–Crippen MR) is 77.0 cm³/mol. The van der Waals surface area contributed by atoms with Crippen LogP contribution in [0.3, 0.4) is 0 Å². The smallest absolute Gasteiger partial charge is 0.283 e. The van der Waals surface area contributed by atoms with Gasteiger partial charge in [-0.1, -0.05) is 29.8 Å². The number of hydrogen-bond donors (Lipinski definition) is 0. The molecule has 0 N–H and O–H groups in total. The van der Waals surface area contributed by atoms with Crippen molar-refractivity contribution in [3.63, 3.8) is 0 Å². The van der Waals surface area contributed by atoms with Gasteiger partial charge in [0.1, 0.15) is 5.17 Å². The number of fused-ring (bicyclic) bond motifs is 1. The lowest BCUT2D eigenvalue weighted by molar-refractivity contribution is -0.168. The molecule has 4 aliphatic heterocycles. The fourth-order valence-electron chi connectivity index (χ4n) is 3.57. The normalized spacial score (nSPS) is 35.8. The molecule has 2 bridgehead atoms. The van der Waals surface area contributed by atoms with Gasteiger partial charge in [-0.3, -0.25) is 9.69 Å². The van der Waals surface area contributed by atoms with Crippen LogP contribution in [-0.4, -0.2) is 29.5 Å². The van der Waals surface area contributed by atoms with Crippen molar-refractivity contribution in [2.75, 3.05) is 11.5 Å². The summed E-state index contributed by atoms with van der Waals surface area (Å²) in [5.74, 6) is 0.102. The van der Waals surface area contributed by atoms with Gasteiger partial charge in [-0.05, 0) is 31.4 Å². The lowest BCUT2D eigenvalue weighted by Gasteiger charge is -2.53. The van der Waals surface area contributed by atoms with Crippen molar-refractivity contribution in [2.24, 2.45) is 10.9 Å². The number of carbonyl (C=O) groups is 1. The van der Waals surface area contributed by atoms with Gasteiger partial charge < -0.3 is 4.74 Å². The van der Waals surface area contributed by atoms with E-state index in [1.165, 1.54) is 0 Å². The zero-order chi connectivity index (χ0) is 13.7. The third kappa shape index (κ3) is 1.52. The number of rotatable bonds is 1. The minimum atomic E-state index is -1.07. The van der Waals surface area contributed by atoms with Gasteiger partial charge in [-0.25, -0.2) is 4.99 Å². The van der Waals surface area contributed by atoms with E-state index in [1.807, 2.05) is 30.3 Å². The zero-order valence-corrected chi connectivity index (χ0v) is 11.7. The summed E-state index contributed by atoms with van der Waals surface area (Å²) in [7, 11) is 0. The number of carbonyl (C=O) groups excluding carboxylic acids is 1. The molecule has 2 saturated heterocycles. The SMILES string of the molecule is O=C1N(c2ccccc2)[C@@H]2CC3CCCO[C@]13N=C2Cl. The van der Waals surface area contributed by atoms with Crippen molar-refractivity contribution in [2.45, 2.75) is 31.0 Å². The molecule has 0 radical (unpaired) electrons. The lowest BCUT2D eigenvalue weighted by atomic mass is 9.76. The van der Waals surface area contributed by atoms with Crippen LogP contribution in [0.1, 0.15) is 19.3 Å². The summed E-state index contributed by atoms with van der Waals surface area (Å²) in [5, 5.41) is 0.492. The highest BCUT2D eigenvalue weighted by molar-refractivity contribution is 6.67. The van der Waals surface area contributed by atoms with Crippen LogP contribution < -0.4 is 4.90 Å². The molecule has 104 valence electrons. The topological polar surface area (TPSA) is 41.9 Å². The molecule has 1 aromatic rings. The van der Waals surface area contributed by atoms with Crippen LogP contribution in [0.2, 0.25) is 0 Å². The van der Waals surface area contributed by atoms with Crippen molar-refractivity contribution in [3.05, 3.63) is 30.3 Å². The fraction of sp³-hybridized carbons (Fsp3) is 0.467. The van der Waals surface area contributed by atoms with Gasteiger partial charge in [0.15, 0.2) is 0 Å². The van der Waals surface area contributed by atoms with Crippen molar-refractivity contribution in [1.29, 1.82) is 0 Å². The maximum absolute atomic E-state index is 12.9. The molecule has 1 amide bonds. The molecule has 1 aromatic carbocycles. The van der Waals surface area contributed by atoms with Crippen LogP contribution in [0, 0.1) is 5.92 Å². The fourth-order valence-corrected chi connectivity index (χ4v) is 3.88. The molecule has 3 atom stereocenters. The standard InChI is InChI=1S/C15H15ClN2O2/c16-13-12-9-10-5-4-8-20-15(10,17-13)14(19)18(12)11-6-2-1-3-7-11/h1-3,6-7,10,12H,4-5,8-9H2/t10?,12-,15+/m1/s1. The van der Waals surface area contributed by atoms with Gasteiger partial charge >= 0.3 is 0 Å². The van der Waals surface area contributed by atoms with Crippen LogP contribution in [0.4, 0.5) is 5.69 Å². The van der Waals surface area contributed by atoms with E-state index in [0.29, 0.717) is 11.8 Å². The molecule has 0 aromatic heterocycles. The van der Waals surface area contributed by atoms with E-state index in [1.54, 1.807) is 4.90 Å². The van der Waals surface area contributed by atoms with Crippen LogP contribution >= 0.6 is 11.6 Å². The van der Waals surface area contributed by atoms with E-state index in [4.69, 9.17) is 16.3 Å². The van der Waals surface area contributed by atoms with E-state index in [9.17, 15) is 4.79 Å². The number of benzene rings is 1. The van der Waals surface area contributed by atoms with Crippen LogP contribution in [0.25, 0.3) is 0 Å². The number of piperidine rings is 1. The first kappa shape index (κ1) is 12.4. The highest BCUT2D eigenvalue weighted by Crippen LogP contribution is 2.47. The summed E-state index contributed by atoms with van der Waals surface area (Å²) in [6.07, 6.45) is 2.81. The second-order valence-electron chi connectivity index (χ2n) is 5.58. The zero-order valence-electron chi connectivity index (χ0n) is 11.0. The van der Waals surface area contributed by atoms with E-state index in [0.717, 1.165) is 24.9 Å². The quantitative estimate of drug-likeness (QED) is 0.798. The van der Waals surface area contributed by atoms with Gasteiger partial charge in [0.05, 0.1) is 12.6 Å². The van der Waals surface area contributed by atoms with Gasteiger partial charge in [-0.2, -0.15) is 0 Å². The third-order valence-corrected chi connectivity index (χ3v) is 4.84. The molecule has 4 heterocycles. The second kappa shape index (κ2) is 4.30. The van der Waals surface area contributed by atoms with Crippen molar-refractivity contribution in [1.82, 2.24) is 0 Å². The highest BCUT2D eigenvalue weighted by atomic mass is 35.5. The number of para-hydroxylation sites is 1. The average Bonchev–Trinajstić information content (AvgIpc) is 2.48. The summed E-state index contributed by atoms with van der Waals surface area (Å²) in [6, 6.07) is 9.50. The first-order valence-corrected chi connectivity index (χ1v) is 7.38. The lowest BCUT2D eigenvalue weighted by Crippen LogP contribution is -2.69. The molecule has 1 unspecified atom stereocenters. The number of hydrogen-bond acceptors (Lipinski definition) is 3. The predicted octanol–water partition coefficient (Wildman–Crippen LogP) is 2.57. The Hall–Kier alpha value is -1.39. The number of ether oxygens (including phenoxy) is 1. The van der Waals surface area contributed by atoms with Crippen LogP contribution in [0.5, 0.6) is 0 Å². The molecule has 20 heavy (non-hydrogen) atoms. The van der Waals surface area contributed by atoms with Crippen molar-refractivity contribution < 1.29 is 9.53 Å². The molecule has 2 fully saturated rings. The molecular weight excluding hydrogens is 276 g/mol. The summed E-state index contributed by atoms with van der Waals surface area (Å²) in [6.45, 7) is 0.573. The van der Waals surface area contributed by atoms with Crippen molar-refractivity contribution >= 4 is 28.4 Å². The Bertz CT molecular complexity index is 589. The molecule has 0 saturated carbocycles. The minimum Gasteiger partial charge on any atom is -0.346 e. The molecule has 5 heteroatoms. The van der Waals surface area contributed by atoms with Gasteiger partial charge in [0.25, 0.3) is 5.91 Å². The second-order valence-corrected chi connectivity index (χ2v) is 5.97. The van der Waals surface area contributed by atoms with E-state index >= 15 is 0 Å². The number of anilines is 1. The van der Waals surface area contributed by atoms with Crippen LogP contribution in [0.15, 0.2) is 35.3 Å². The molecule has 5 rings (SSSR count). The summed E-state index contributed by atoms with van der Waals surface area (Å²) in [4.78, 5) is 19.1. The van der Waals surface area contributed by atoms with Crippen LogP contribution in [-0.2, 0) is 9.53 Å². The minimum absolute atomic E-state index is 0.0611. The largest absolute Gasteiger partial charge is 0.346 e. The monoisotopic (exact) mass is 290 g/mol. The Morgan fingerprint density at radius 2 is 2.15 bits per heavy atom. The maximum atomic E-state index is 12.9. The number of aliphatic imine (C=N–C) groups is 1. The van der Waals surface area contributed by atoms with Gasteiger partial charge in [0, 0.05) is 11.6 Å². The van der Waals surface area contributed by atoms with Crippen molar-refractivity contribution in [3.8, 4) is 0 Å². The van der Waals surface area contributed by atoms with E-state index in [2.05, 4.69) is 4.99 Å². The Morgan fingerprint density at radius 3 is 2.95 bits per heavy atom.